The molecule has 0 radical (unpaired) electrons. The molecule has 0 fully saturated rings. The number of benzene rings is 2. The second-order valence-electron chi connectivity index (χ2n) is 7.46. The summed E-state index contributed by atoms with van der Waals surface area (Å²) in [6.07, 6.45) is 2.85. The predicted octanol–water partition coefficient (Wildman–Crippen LogP) is 4.67. The largest absolute Gasteiger partial charge is 0.462 e. The van der Waals surface area contributed by atoms with Crippen molar-refractivity contribution in [3.63, 3.8) is 0 Å². The van der Waals surface area contributed by atoms with Crippen LogP contribution in [0.3, 0.4) is 0 Å². The van der Waals surface area contributed by atoms with Gasteiger partial charge in [0.05, 0.1) is 18.3 Å². The van der Waals surface area contributed by atoms with Crippen molar-refractivity contribution in [2.24, 2.45) is 0 Å². The Morgan fingerprint density at radius 1 is 1.03 bits per heavy atom. The fourth-order valence-electron chi connectivity index (χ4n) is 3.57. The third kappa shape index (κ3) is 4.28. The molecule has 170 valence electrons. The zero-order chi connectivity index (χ0) is 24.2. The summed E-state index contributed by atoms with van der Waals surface area (Å²) in [5, 5.41) is 18.2. The van der Waals surface area contributed by atoms with Gasteiger partial charge in [-0.1, -0.05) is 48.5 Å². The summed E-state index contributed by atoms with van der Waals surface area (Å²) in [7, 11) is 0. The minimum absolute atomic E-state index is 0.134. The van der Waals surface area contributed by atoms with Crippen molar-refractivity contribution in [1.82, 2.24) is 24.7 Å². The number of carbonyl (C=O) groups is 1. The van der Waals surface area contributed by atoms with Crippen LogP contribution in [0.5, 0.6) is 0 Å². The quantitative estimate of drug-likeness (QED) is 0.362. The lowest BCUT2D eigenvalue weighted by atomic mass is 10.2. The first-order valence-corrected chi connectivity index (χ1v) is 10.9. The van der Waals surface area contributed by atoms with Gasteiger partial charge in [-0.25, -0.2) is 19.7 Å². The zero-order valence-corrected chi connectivity index (χ0v) is 18.7. The Hall–Kier alpha value is -5.10. The minimum atomic E-state index is -0.581. The van der Waals surface area contributed by atoms with Gasteiger partial charge >= 0.3 is 5.97 Å². The average Bonchev–Trinajstić information content (AvgIpc) is 3.31. The molecule has 5 aromatic rings. The highest BCUT2D eigenvalue weighted by molar-refractivity contribution is 5.95. The molecule has 0 atom stereocenters. The molecule has 0 aliphatic heterocycles. The van der Waals surface area contributed by atoms with E-state index in [-0.39, 0.29) is 23.6 Å². The molecule has 0 bridgehead atoms. The standard InChI is InChI=1S/C26H19N7O2/c1-2-35-26(34)20-16-28-23(18-9-4-3-5-10-18)31-24(20)32-25-19(14-27)15-29-33(25)22-13-12-17-8-6-7-11-21(17)30-22/h3-13,15-16H,2H2,1H3,(H,28,31,32). The maximum Gasteiger partial charge on any atom is 0.343 e. The van der Waals surface area contributed by atoms with Crippen LogP contribution >= 0.6 is 0 Å². The lowest BCUT2D eigenvalue weighted by Crippen LogP contribution is -2.13. The minimum Gasteiger partial charge on any atom is -0.462 e. The number of aromatic nitrogens is 5. The van der Waals surface area contributed by atoms with Gasteiger partial charge in [-0.05, 0) is 25.1 Å². The van der Waals surface area contributed by atoms with Crippen molar-refractivity contribution in [3.8, 4) is 23.3 Å². The van der Waals surface area contributed by atoms with Gasteiger partial charge in [0, 0.05) is 17.1 Å². The molecule has 0 saturated heterocycles. The number of nitrogens with one attached hydrogen (secondary N) is 1. The smallest absolute Gasteiger partial charge is 0.343 e. The maximum atomic E-state index is 12.7. The number of pyridine rings is 1. The van der Waals surface area contributed by atoms with Crippen LogP contribution in [0.1, 0.15) is 22.8 Å². The first-order chi connectivity index (χ1) is 17.2. The number of fused-ring (bicyclic) bond motifs is 1. The third-order valence-corrected chi connectivity index (χ3v) is 5.24. The van der Waals surface area contributed by atoms with Crippen LogP contribution in [0.25, 0.3) is 28.1 Å². The molecule has 9 heteroatoms. The van der Waals surface area contributed by atoms with Gasteiger partial charge < -0.3 is 10.1 Å². The van der Waals surface area contributed by atoms with E-state index in [1.807, 2.05) is 66.7 Å². The third-order valence-electron chi connectivity index (χ3n) is 5.24. The number of ether oxygens (including phenoxy) is 1. The summed E-state index contributed by atoms with van der Waals surface area (Å²) >= 11 is 0. The summed E-state index contributed by atoms with van der Waals surface area (Å²) < 4.78 is 6.70. The monoisotopic (exact) mass is 461 g/mol. The van der Waals surface area contributed by atoms with Crippen LogP contribution in [-0.2, 0) is 4.74 Å². The van der Waals surface area contributed by atoms with E-state index in [0.717, 1.165) is 16.5 Å². The Balaban J connectivity index is 1.62. The van der Waals surface area contributed by atoms with Crippen LogP contribution in [0.4, 0.5) is 11.6 Å². The molecule has 0 amide bonds. The SMILES string of the molecule is CCOC(=O)c1cnc(-c2ccccc2)nc1Nc1c(C#N)cnn1-c1ccc2ccccc2n1. The van der Waals surface area contributed by atoms with Crippen LogP contribution in [0.2, 0.25) is 0 Å². The second-order valence-corrected chi connectivity index (χ2v) is 7.46. The molecule has 5 rings (SSSR count). The van der Waals surface area contributed by atoms with Gasteiger partial charge in [0.1, 0.15) is 23.0 Å². The van der Waals surface area contributed by atoms with Gasteiger partial charge in [-0.2, -0.15) is 15.0 Å². The van der Waals surface area contributed by atoms with Crippen molar-refractivity contribution < 1.29 is 9.53 Å². The van der Waals surface area contributed by atoms with Crippen molar-refractivity contribution in [1.29, 1.82) is 5.26 Å². The summed E-state index contributed by atoms with van der Waals surface area (Å²) in [4.78, 5) is 26.3. The fourth-order valence-corrected chi connectivity index (χ4v) is 3.57. The summed E-state index contributed by atoms with van der Waals surface area (Å²) in [6, 6.07) is 23.0. The highest BCUT2D eigenvalue weighted by Crippen LogP contribution is 2.27. The first-order valence-electron chi connectivity index (χ1n) is 10.9. The summed E-state index contributed by atoms with van der Waals surface area (Å²) in [5.74, 6) is 0.843. The average molecular weight is 461 g/mol. The Labute approximate surface area is 200 Å². The lowest BCUT2D eigenvalue weighted by Gasteiger charge is -2.13. The fraction of sp³-hybridized carbons (Fsp3) is 0.0769. The molecule has 0 aliphatic rings. The van der Waals surface area contributed by atoms with E-state index in [4.69, 9.17) is 4.74 Å². The Morgan fingerprint density at radius 3 is 2.63 bits per heavy atom. The van der Waals surface area contributed by atoms with E-state index in [1.54, 1.807) is 6.92 Å². The van der Waals surface area contributed by atoms with Crippen LogP contribution in [0.15, 0.2) is 79.1 Å². The maximum absolute atomic E-state index is 12.7. The number of nitriles is 1. The molecule has 9 nitrogen and oxygen atoms in total. The zero-order valence-electron chi connectivity index (χ0n) is 18.7. The van der Waals surface area contributed by atoms with Gasteiger partial charge in [0.2, 0.25) is 0 Å². The van der Waals surface area contributed by atoms with Crippen LogP contribution < -0.4 is 5.32 Å². The number of hydrogen-bond acceptors (Lipinski definition) is 8. The predicted molar refractivity (Wildman–Crippen MR) is 130 cm³/mol. The van der Waals surface area contributed by atoms with E-state index < -0.39 is 5.97 Å². The second kappa shape index (κ2) is 9.41. The molecule has 0 spiro atoms. The van der Waals surface area contributed by atoms with E-state index in [0.29, 0.717) is 17.5 Å². The number of esters is 1. The van der Waals surface area contributed by atoms with E-state index >= 15 is 0 Å². The first kappa shape index (κ1) is 21.7. The molecular weight excluding hydrogens is 442 g/mol. The van der Waals surface area contributed by atoms with E-state index in [9.17, 15) is 10.1 Å². The molecule has 3 heterocycles. The highest BCUT2D eigenvalue weighted by atomic mass is 16.5. The van der Waals surface area contributed by atoms with Crippen molar-refractivity contribution in [2.45, 2.75) is 6.92 Å². The van der Waals surface area contributed by atoms with Gasteiger partial charge in [0.25, 0.3) is 0 Å². The summed E-state index contributed by atoms with van der Waals surface area (Å²) in [5.41, 5.74) is 1.95. The number of nitrogens with zero attached hydrogens (tertiary/aromatic N) is 6. The Bertz CT molecular complexity index is 1570. The summed E-state index contributed by atoms with van der Waals surface area (Å²) in [6.45, 7) is 1.92. The molecular formula is C26H19N7O2. The molecule has 1 N–H and O–H groups in total. The number of carbonyl (C=O) groups excluding carboxylic acids is 1. The van der Waals surface area contributed by atoms with Crippen LogP contribution in [0, 0.1) is 11.3 Å². The number of para-hydroxylation sites is 1. The lowest BCUT2D eigenvalue weighted by molar-refractivity contribution is 0.0526. The van der Waals surface area contributed by atoms with Crippen LogP contribution in [-0.4, -0.2) is 37.3 Å². The normalized spacial score (nSPS) is 10.6. The van der Waals surface area contributed by atoms with Gasteiger partial charge in [-0.3, -0.25) is 0 Å². The molecule has 0 aliphatic carbocycles. The number of anilines is 2. The Morgan fingerprint density at radius 2 is 1.83 bits per heavy atom. The Kier molecular flexibility index (Phi) is 5.84. The van der Waals surface area contributed by atoms with Gasteiger partial charge in [0.15, 0.2) is 17.5 Å². The van der Waals surface area contributed by atoms with Gasteiger partial charge in [-0.15, -0.1) is 0 Å². The van der Waals surface area contributed by atoms with E-state index in [2.05, 4.69) is 31.4 Å². The van der Waals surface area contributed by atoms with Crippen molar-refractivity contribution >= 4 is 28.5 Å². The molecule has 3 aromatic heterocycles. The molecule has 35 heavy (non-hydrogen) atoms. The molecule has 0 saturated carbocycles. The van der Waals surface area contributed by atoms with Crippen molar-refractivity contribution in [3.05, 3.63) is 90.3 Å². The molecule has 2 aromatic carbocycles. The van der Waals surface area contributed by atoms with E-state index in [1.165, 1.54) is 17.1 Å². The molecule has 0 unspecified atom stereocenters. The number of rotatable bonds is 6. The van der Waals surface area contributed by atoms with Crippen molar-refractivity contribution in [2.75, 3.05) is 11.9 Å². The topological polar surface area (TPSA) is 119 Å². The number of hydrogen-bond donors (Lipinski definition) is 1. The highest BCUT2D eigenvalue weighted by Gasteiger charge is 2.21.